The number of hydrogen-bond donors (Lipinski definition) is 1. The van der Waals surface area contributed by atoms with Crippen LogP contribution >= 0.6 is 0 Å². The van der Waals surface area contributed by atoms with Gasteiger partial charge in [0, 0.05) is 0 Å². The highest BCUT2D eigenvalue weighted by molar-refractivity contribution is 7.87. The van der Waals surface area contributed by atoms with Gasteiger partial charge in [0.15, 0.2) is 0 Å². The van der Waals surface area contributed by atoms with Gasteiger partial charge in [-0.25, -0.2) is 4.79 Å². The second kappa shape index (κ2) is 4.55. The van der Waals surface area contributed by atoms with Crippen molar-refractivity contribution in [3.05, 3.63) is 0 Å². The Morgan fingerprint density at radius 2 is 2.00 bits per heavy atom. The van der Waals surface area contributed by atoms with Crippen LogP contribution in [0.15, 0.2) is 0 Å². The summed E-state index contributed by atoms with van der Waals surface area (Å²) in [6, 6.07) is -0.830. The molecule has 1 N–H and O–H groups in total. The molecule has 0 saturated carbocycles. The maximum atomic E-state index is 11.7. The maximum absolute atomic E-state index is 11.7. The number of nitrogens with one attached hydrogen (secondary N) is 1. The second-order valence-corrected chi connectivity index (χ2v) is 4.53. The topological polar surface area (TPSA) is 81.7 Å². The lowest BCUT2D eigenvalue weighted by Gasteiger charge is -2.09. The molecule has 0 bridgehead atoms. The molecule has 1 aliphatic rings. The van der Waals surface area contributed by atoms with Gasteiger partial charge in [-0.15, -0.1) is 0 Å². The number of alkyl halides is 3. The molecular weight excluding hydrogens is 255 g/mol. The number of carbonyl (C=O) groups excluding carboxylic acids is 1. The fraction of sp³-hybridized carbons (Fsp3) is 0.833. The third-order valence-electron chi connectivity index (χ3n) is 1.83. The standard InChI is InChI=1S/C6H8F3NO5S/c7-6(8,9)16(12,13)15-14-5(11)4-2-1-3-10-4/h4,10H,1-3H2/t4-/m0/s1. The van der Waals surface area contributed by atoms with Crippen molar-refractivity contribution in [2.75, 3.05) is 6.54 Å². The molecule has 6 nitrogen and oxygen atoms in total. The molecule has 1 aliphatic heterocycles. The average Bonchev–Trinajstić information content (AvgIpc) is 2.65. The van der Waals surface area contributed by atoms with E-state index in [2.05, 4.69) is 14.5 Å². The van der Waals surface area contributed by atoms with Crippen molar-refractivity contribution in [1.29, 1.82) is 0 Å². The Morgan fingerprint density at radius 1 is 1.38 bits per heavy atom. The molecule has 0 aliphatic carbocycles. The zero-order valence-electron chi connectivity index (χ0n) is 7.78. The van der Waals surface area contributed by atoms with E-state index in [1.807, 2.05) is 0 Å². The molecular formula is C6H8F3NO5S. The van der Waals surface area contributed by atoms with Gasteiger partial charge in [-0.1, -0.05) is 0 Å². The molecule has 0 spiro atoms. The van der Waals surface area contributed by atoms with E-state index in [0.29, 0.717) is 19.4 Å². The van der Waals surface area contributed by atoms with Crippen molar-refractivity contribution in [2.24, 2.45) is 0 Å². The van der Waals surface area contributed by atoms with Crippen molar-refractivity contribution in [2.45, 2.75) is 24.4 Å². The molecule has 0 unspecified atom stereocenters. The van der Waals surface area contributed by atoms with Crippen LogP contribution in [0.4, 0.5) is 13.2 Å². The van der Waals surface area contributed by atoms with E-state index in [1.165, 1.54) is 0 Å². The monoisotopic (exact) mass is 263 g/mol. The van der Waals surface area contributed by atoms with Crippen LogP contribution in [0, 0.1) is 0 Å². The molecule has 1 heterocycles. The highest BCUT2D eigenvalue weighted by atomic mass is 32.2. The normalized spacial score (nSPS) is 22.1. The summed E-state index contributed by atoms with van der Waals surface area (Å²) in [4.78, 5) is 14.6. The van der Waals surface area contributed by atoms with E-state index < -0.39 is 27.6 Å². The van der Waals surface area contributed by atoms with Crippen LogP contribution < -0.4 is 5.32 Å². The Morgan fingerprint density at radius 3 is 2.44 bits per heavy atom. The Balaban J connectivity index is 2.48. The summed E-state index contributed by atoms with van der Waals surface area (Å²) in [5, 5.41) is 2.60. The highest BCUT2D eigenvalue weighted by Gasteiger charge is 2.49. The lowest BCUT2D eigenvalue weighted by molar-refractivity contribution is -0.219. The van der Waals surface area contributed by atoms with Crippen LogP contribution in [0.25, 0.3) is 0 Å². The van der Waals surface area contributed by atoms with Gasteiger partial charge in [-0.05, 0) is 23.7 Å². The molecule has 0 amide bonds. The van der Waals surface area contributed by atoms with Crippen LogP contribution in [-0.4, -0.2) is 32.5 Å². The smallest absolute Gasteiger partial charge is 0.304 e. The summed E-state index contributed by atoms with van der Waals surface area (Å²) >= 11 is 0. The minimum absolute atomic E-state index is 0.355. The Labute approximate surface area is 88.8 Å². The SMILES string of the molecule is O=C(OOS(=O)(=O)C(F)(F)F)[C@@H]1CCCN1. The Bertz CT molecular complexity index is 359. The van der Waals surface area contributed by atoms with Gasteiger partial charge in [0.2, 0.25) is 0 Å². The van der Waals surface area contributed by atoms with Gasteiger partial charge in [-0.3, -0.25) is 4.89 Å². The molecule has 1 fully saturated rings. The van der Waals surface area contributed by atoms with Gasteiger partial charge in [0.1, 0.15) is 6.04 Å². The third-order valence-corrected chi connectivity index (χ3v) is 2.65. The zero-order chi connectivity index (χ0) is 12.4. The second-order valence-electron chi connectivity index (χ2n) is 3.02. The van der Waals surface area contributed by atoms with Gasteiger partial charge >= 0.3 is 21.6 Å². The quantitative estimate of drug-likeness (QED) is 0.440. The molecule has 0 radical (unpaired) electrons. The molecule has 0 aromatic rings. The Kier molecular flexibility index (Phi) is 3.76. The zero-order valence-corrected chi connectivity index (χ0v) is 8.60. The van der Waals surface area contributed by atoms with Crippen LogP contribution in [0.1, 0.15) is 12.8 Å². The molecule has 10 heteroatoms. The fourth-order valence-electron chi connectivity index (χ4n) is 1.06. The summed E-state index contributed by atoms with van der Waals surface area (Å²) < 4.78 is 59.0. The van der Waals surface area contributed by atoms with E-state index in [-0.39, 0.29) is 0 Å². The van der Waals surface area contributed by atoms with Gasteiger partial charge < -0.3 is 5.32 Å². The van der Waals surface area contributed by atoms with E-state index in [0.717, 1.165) is 0 Å². The van der Waals surface area contributed by atoms with Crippen LogP contribution in [0.3, 0.4) is 0 Å². The molecule has 94 valence electrons. The van der Waals surface area contributed by atoms with E-state index in [1.54, 1.807) is 0 Å². The first kappa shape index (κ1) is 13.2. The van der Waals surface area contributed by atoms with Crippen LogP contribution in [0.2, 0.25) is 0 Å². The molecule has 1 rings (SSSR count). The van der Waals surface area contributed by atoms with Crippen LogP contribution in [-0.2, 0) is 24.1 Å². The van der Waals surface area contributed by atoms with E-state index >= 15 is 0 Å². The summed E-state index contributed by atoms with van der Waals surface area (Å²) in [6.45, 7) is 0.506. The van der Waals surface area contributed by atoms with Gasteiger partial charge in [0.05, 0.1) is 0 Å². The van der Waals surface area contributed by atoms with Crippen molar-refractivity contribution in [3.8, 4) is 0 Å². The summed E-state index contributed by atoms with van der Waals surface area (Å²) in [6.07, 6.45) is 1.00. The molecule has 1 saturated heterocycles. The number of hydrogen-bond acceptors (Lipinski definition) is 6. The number of rotatable bonds is 3. The molecule has 16 heavy (non-hydrogen) atoms. The summed E-state index contributed by atoms with van der Waals surface area (Å²) in [5.74, 6) is -1.19. The highest BCUT2D eigenvalue weighted by Crippen LogP contribution is 2.24. The Hall–Kier alpha value is -0.870. The largest absolute Gasteiger partial charge is 0.526 e. The molecule has 0 aromatic carbocycles. The average molecular weight is 263 g/mol. The fourth-order valence-corrected chi connectivity index (χ4v) is 1.29. The first-order valence-corrected chi connectivity index (χ1v) is 5.59. The van der Waals surface area contributed by atoms with Gasteiger partial charge in [-0.2, -0.15) is 21.6 Å². The minimum atomic E-state index is -5.89. The molecule has 0 aromatic heterocycles. The van der Waals surface area contributed by atoms with E-state index in [9.17, 15) is 26.4 Å². The predicted molar refractivity (Wildman–Crippen MR) is 43.2 cm³/mol. The van der Waals surface area contributed by atoms with Crippen molar-refractivity contribution < 1.29 is 35.6 Å². The van der Waals surface area contributed by atoms with Crippen molar-refractivity contribution >= 4 is 16.1 Å². The number of carbonyl (C=O) groups is 1. The first-order valence-electron chi connectivity index (χ1n) is 4.19. The van der Waals surface area contributed by atoms with E-state index in [4.69, 9.17) is 0 Å². The molecule has 1 atom stereocenters. The third kappa shape index (κ3) is 3.06. The predicted octanol–water partition coefficient (Wildman–Crippen LogP) is 0.0628. The van der Waals surface area contributed by atoms with Gasteiger partial charge in [0.25, 0.3) is 0 Å². The minimum Gasteiger partial charge on any atom is -0.304 e. The lowest BCUT2D eigenvalue weighted by atomic mass is 10.2. The first-order chi connectivity index (χ1) is 7.24. The van der Waals surface area contributed by atoms with Crippen molar-refractivity contribution in [3.63, 3.8) is 0 Å². The summed E-state index contributed by atoms with van der Waals surface area (Å²) in [5.41, 5.74) is -5.61. The maximum Gasteiger partial charge on any atom is 0.526 e. The van der Waals surface area contributed by atoms with Crippen LogP contribution in [0.5, 0.6) is 0 Å². The van der Waals surface area contributed by atoms with Crippen molar-refractivity contribution in [1.82, 2.24) is 5.32 Å². The lowest BCUT2D eigenvalue weighted by Crippen LogP contribution is -2.34. The summed E-state index contributed by atoms with van der Waals surface area (Å²) in [7, 11) is -5.89. The number of halogens is 3.